The van der Waals surface area contributed by atoms with Crippen LogP contribution in [-0.2, 0) is 13.1 Å². The van der Waals surface area contributed by atoms with Gasteiger partial charge < -0.3 is 10.1 Å². The second-order valence-electron chi connectivity index (χ2n) is 4.19. The van der Waals surface area contributed by atoms with Gasteiger partial charge in [0.25, 0.3) is 0 Å². The Kier molecular flexibility index (Phi) is 5.65. The summed E-state index contributed by atoms with van der Waals surface area (Å²) in [6, 6.07) is 8.21. The molecule has 0 fully saturated rings. The van der Waals surface area contributed by atoms with E-state index in [0.717, 1.165) is 29.0 Å². The molecule has 4 nitrogen and oxygen atoms in total. The Morgan fingerprint density at radius 1 is 1.32 bits per heavy atom. The van der Waals surface area contributed by atoms with E-state index in [1.165, 1.54) is 5.56 Å². The first-order valence-electron chi connectivity index (χ1n) is 6.38. The third-order valence-corrected chi connectivity index (χ3v) is 3.25. The van der Waals surface area contributed by atoms with E-state index in [4.69, 9.17) is 4.74 Å². The first-order valence-corrected chi connectivity index (χ1v) is 7.46. The Labute approximate surface area is 127 Å². The zero-order valence-corrected chi connectivity index (χ0v) is 13.1. The van der Waals surface area contributed by atoms with E-state index in [2.05, 4.69) is 52.1 Å². The van der Waals surface area contributed by atoms with Gasteiger partial charge in [-0.25, -0.2) is 0 Å². The second-order valence-corrected chi connectivity index (χ2v) is 5.44. The lowest BCUT2D eigenvalue weighted by Gasteiger charge is -2.07. The van der Waals surface area contributed by atoms with Crippen LogP contribution in [0.15, 0.2) is 36.7 Å². The zero-order chi connectivity index (χ0) is 13.5. The molecule has 1 aromatic heterocycles. The highest BCUT2D eigenvalue weighted by Crippen LogP contribution is 2.12. The summed E-state index contributed by atoms with van der Waals surface area (Å²) in [4.78, 5) is 0. The molecule has 1 aromatic carbocycles. The topological polar surface area (TPSA) is 39.1 Å². The smallest absolute Gasteiger partial charge is 0.119 e. The Morgan fingerprint density at radius 2 is 2.11 bits per heavy atom. The number of halogens is 1. The Hall–Kier alpha value is -1.08. The van der Waals surface area contributed by atoms with Gasteiger partial charge in [-0.1, -0.05) is 19.1 Å². The predicted molar refractivity (Wildman–Crippen MR) is 84.3 cm³/mol. The highest BCUT2D eigenvalue weighted by molar-refractivity contribution is 14.1. The van der Waals surface area contributed by atoms with Crippen molar-refractivity contribution in [3.63, 3.8) is 0 Å². The predicted octanol–water partition coefficient (Wildman–Crippen LogP) is 2.68. The molecular formula is C14H18IN3O. The van der Waals surface area contributed by atoms with Crippen LogP contribution in [0.2, 0.25) is 0 Å². The minimum atomic E-state index is 0.629. The summed E-state index contributed by atoms with van der Waals surface area (Å²) in [6.45, 7) is 5.39. The maximum Gasteiger partial charge on any atom is 0.119 e. The van der Waals surface area contributed by atoms with Crippen molar-refractivity contribution in [2.45, 2.75) is 20.0 Å². The number of rotatable bonds is 7. The van der Waals surface area contributed by atoms with Gasteiger partial charge >= 0.3 is 0 Å². The largest absolute Gasteiger partial charge is 0.492 e. The van der Waals surface area contributed by atoms with Gasteiger partial charge in [-0.2, -0.15) is 5.10 Å². The monoisotopic (exact) mass is 371 g/mol. The van der Waals surface area contributed by atoms with Gasteiger partial charge in [0.15, 0.2) is 0 Å². The summed E-state index contributed by atoms with van der Waals surface area (Å²) in [7, 11) is 0. The maximum atomic E-state index is 5.69. The van der Waals surface area contributed by atoms with E-state index in [9.17, 15) is 0 Å². The zero-order valence-electron chi connectivity index (χ0n) is 11.0. The summed E-state index contributed by atoms with van der Waals surface area (Å²) in [6.07, 6.45) is 3.85. The lowest BCUT2D eigenvalue weighted by atomic mass is 10.2. The fourth-order valence-electron chi connectivity index (χ4n) is 1.69. The lowest BCUT2D eigenvalue weighted by molar-refractivity contribution is 0.291. The Bertz CT molecular complexity index is 496. The van der Waals surface area contributed by atoms with Gasteiger partial charge in [-0.05, 0) is 46.8 Å². The quantitative estimate of drug-likeness (QED) is 0.761. The van der Waals surface area contributed by atoms with Crippen LogP contribution in [0, 0.1) is 3.57 Å². The molecule has 1 N–H and O–H groups in total. The SMILES string of the molecule is CCNCc1ccc(OCCn2cc(I)cn2)cc1. The van der Waals surface area contributed by atoms with Crippen molar-refractivity contribution in [3.05, 3.63) is 45.8 Å². The van der Waals surface area contributed by atoms with E-state index >= 15 is 0 Å². The van der Waals surface area contributed by atoms with E-state index in [1.54, 1.807) is 0 Å². The molecule has 2 aromatic rings. The maximum absolute atomic E-state index is 5.69. The standard InChI is InChI=1S/C14H18IN3O/c1-2-16-9-12-3-5-14(6-4-12)19-8-7-18-11-13(15)10-17-18/h3-6,10-11,16H,2,7-9H2,1H3. The summed E-state index contributed by atoms with van der Waals surface area (Å²) < 4.78 is 8.73. The second kappa shape index (κ2) is 7.49. The van der Waals surface area contributed by atoms with Crippen LogP contribution in [0.5, 0.6) is 5.75 Å². The fourth-order valence-corrected chi connectivity index (χ4v) is 2.14. The summed E-state index contributed by atoms with van der Waals surface area (Å²) in [5.74, 6) is 0.905. The third kappa shape index (κ3) is 4.83. The van der Waals surface area contributed by atoms with Gasteiger partial charge in [0.2, 0.25) is 0 Å². The number of aromatic nitrogens is 2. The Morgan fingerprint density at radius 3 is 2.74 bits per heavy atom. The van der Waals surface area contributed by atoms with Crippen molar-refractivity contribution in [1.29, 1.82) is 0 Å². The minimum absolute atomic E-state index is 0.629. The van der Waals surface area contributed by atoms with Gasteiger partial charge in [0.1, 0.15) is 12.4 Å². The highest BCUT2D eigenvalue weighted by Gasteiger charge is 1.97. The first kappa shape index (κ1) is 14.3. The molecule has 0 bridgehead atoms. The molecule has 19 heavy (non-hydrogen) atoms. The van der Waals surface area contributed by atoms with Crippen LogP contribution in [0.3, 0.4) is 0 Å². The summed E-state index contributed by atoms with van der Waals surface area (Å²) in [5.41, 5.74) is 1.27. The molecule has 0 spiro atoms. The van der Waals surface area contributed by atoms with Crippen molar-refractivity contribution in [3.8, 4) is 5.75 Å². The van der Waals surface area contributed by atoms with Crippen LogP contribution in [0.4, 0.5) is 0 Å². The van der Waals surface area contributed by atoms with Crippen LogP contribution in [-0.4, -0.2) is 22.9 Å². The van der Waals surface area contributed by atoms with Gasteiger partial charge in [-0.3, -0.25) is 4.68 Å². The van der Waals surface area contributed by atoms with Crippen molar-refractivity contribution in [2.75, 3.05) is 13.2 Å². The molecule has 0 unspecified atom stereocenters. The molecule has 5 heteroatoms. The average Bonchev–Trinajstić information content (AvgIpc) is 2.84. The van der Waals surface area contributed by atoms with Crippen LogP contribution >= 0.6 is 22.6 Å². The fraction of sp³-hybridized carbons (Fsp3) is 0.357. The highest BCUT2D eigenvalue weighted by atomic mass is 127. The number of nitrogens with zero attached hydrogens (tertiary/aromatic N) is 2. The van der Waals surface area contributed by atoms with Gasteiger partial charge in [-0.15, -0.1) is 0 Å². The van der Waals surface area contributed by atoms with Crippen LogP contribution < -0.4 is 10.1 Å². The van der Waals surface area contributed by atoms with E-state index < -0.39 is 0 Å². The van der Waals surface area contributed by atoms with Crippen LogP contribution in [0.25, 0.3) is 0 Å². The van der Waals surface area contributed by atoms with E-state index in [1.807, 2.05) is 29.2 Å². The molecular weight excluding hydrogens is 353 g/mol. The normalized spacial score (nSPS) is 10.6. The van der Waals surface area contributed by atoms with Crippen molar-refractivity contribution >= 4 is 22.6 Å². The molecule has 0 aliphatic heterocycles. The van der Waals surface area contributed by atoms with Crippen molar-refractivity contribution in [1.82, 2.24) is 15.1 Å². The minimum Gasteiger partial charge on any atom is -0.492 e. The molecule has 2 rings (SSSR count). The average molecular weight is 371 g/mol. The number of nitrogens with one attached hydrogen (secondary N) is 1. The first-order chi connectivity index (χ1) is 9.28. The number of ether oxygens (including phenoxy) is 1. The molecule has 0 radical (unpaired) electrons. The molecule has 1 heterocycles. The molecule has 0 atom stereocenters. The number of hydrogen-bond acceptors (Lipinski definition) is 3. The molecule has 0 saturated carbocycles. The van der Waals surface area contributed by atoms with Crippen molar-refractivity contribution in [2.24, 2.45) is 0 Å². The van der Waals surface area contributed by atoms with Gasteiger partial charge in [0.05, 0.1) is 16.3 Å². The molecule has 102 valence electrons. The lowest BCUT2D eigenvalue weighted by Crippen LogP contribution is -2.11. The van der Waals surface area contributed by atoms with E-state index in [0.29, 0.717) is 6.61 Å². The van der Waals surface area contributed by atoms with Crippen LogP contribution in [0.1, 0.15) is 12.5 Å². The number of hydrogen-bond donors (Lipinski definition) is 1. The number of benzene rings is 1. The van der Waals surface area contributed by atoms with Gasteiger partial charge in [0, 0.05) is 12.7 Å². The Balaban J connectivity index is 1.76. The molecule has 0 amide bonds. The van der Waals surface area contributed by atoms with Crippen molar-refractivity contribution < 1.29 is 4.74 Å². The molecule has 0 aliphatic carbocycles. The summed E-state index contributed by atoms with van der Waals surface area (Å²) >= 11 is 2.25. The molecule has 0 saturated heterocycles. The van der Waals surface area contributed by atoms with E-state index in [-0.39, 0.29) is 0 Å². The summed E-state index contributed by atoms with van der Waals surface area (Å²) in [5, 5.41) is 7.51. The third-order valence-electron chi connectivity index (χ3n) is 2.69. The molecule has 0 aliphatic rings.